The van der Waals surface area contributed by atoms with E-state index in [1.807, 2.05) is 36.4 Å². The van der Waals surface area contributed by atoms with Crippen LogP contribution in [0.2, 0.25) is 0 Å². The van der Waals surface area contributed by atoms with Gasteiger partial charge in [-0.25, -0.2) is 15.0 Å². The first-order chi connectivity index (χ1) is 27.3. The minimum absolute atomic E-state index is 0.649. The lowest BCUT2D eigenvalue weighted by molar-refractivity contribution is 1.07. The van der Waals surface area contributed by atoms with Crippen LogP contribution in [-0.4, -0.2) is 23.0 Å². The highest BCUT2D eigenvalue weighted by Crippen LogP contribution is 2.37. The number of nitrogens with zero attached hydrogens (tertiary/aromatic N) is 3. The minimum atomic E-state index is -2.74. The second-order valence-electron chi connectivity index (χ2n) is 14.0. The first kappa shape index (κ1) is 32.6. The highest BCUT2D eigenvalue weighted by Gasteiger charge is 2.41. The van der Waals surface area contributed by atoms with Gasteiger partial charge in [-0.3, -0.25) is 0 Å². The fourth-order valence-corrected chi connectivity index (χ4v) is 13.1. The van der Waals surface area contributed by atoms with Crippen molar-refractivity contribution in [1.82, 2.24) is 15.0 Å². The van der Waals surface area contributed by atoms with Gasteiger partial charge in [0.2, 0.25) is 0 Å². The van der Waals surface area contributed by atoms with Gasteiger partial charge < -0.3 is 0 Å². The lowest BCUT2D eigenvalue weighted by atomic mass is 9.93. The van der Waals surface area contributed by atoms with Gasteiger partial charge in [0.1, 0.15) is 0 Å². The summed E-state index contributed by atoms with van der Waals surface area (Å²) in [5, 5.41) is 12.7. The van der Waals surface area contributed by atoms with Gasteiger partial charge >= 0.3 is 0 Å². The summed E-state index contributed by atoms with van der Waals surface area (Å²) in [5.74, 6) is 1.96. The van der Waals surface area contributed by atoms with Gasteiger partial charge in [0.25, 0.3) is 0 Å². The van der Waals surface area contributed by atoms with Crippen LogP contribution in [0.5, 0.6) is 0 Å². The fourth-order valence-electron chi connectivity index (χ4n) is 8.33. The van der Waals surface area contributed by atoms with E-state index >= 15 is 0 Å². The van der Waals surface area contributed by atoms with Crippen LogP contribution in [0.1, 0.15) is 0 Å². The Morgan fingerprint density at radius 1 is 0.236 bits per heavy atom. The summed E-state index contributed by atoms with van der Waals surface area (Å²) in [7, 11) is -2.74. The monoisotopic (exact) mass is 717 g/mol. The second kappa shape index (κ2) is 13.8. The fraction of sp³-hybridized carbons (Fsp3) is 0. The van der Waals surface area contributed by atoms with Crippen molar-refractivity contribution >= 4 is 61.1 Å². The summed E-state index contributed by atoms with van der Waals surface area (Å²) >= 11 is 0. The van der Waals surface area contributed by atoms with Gasteiger partial charge in [-0.05, 0) is 59.1 Å². The predicted molar refractivity (Wildman–Crippen MR) is 232 cm³/mol. The Hall–Kier alpha value is -7.01. The average molecular weight is 718 g/mol. The minimum Gasteiger partial charge on any atom is -0.208 e. The molecule has 3 nitrogen and oxygen atoms in total. The molecule has 9 aromatic carbocycles. The van der Waals surface area contributed by atoms with E-state index in [2.05, 4.69) is 176 Å². The SMILES string of the molecule is c1ccc(-c2nc(-c3ccccc3)nc(-c3ccc4c5ccccc5c5cc([Si](c6ccccc6)(c6ccccc6)c6ccccc6)ccc5c4c3)n2)cc1. The molecule has 258 valence electrons. The molecule has 4 heteroatoms. The molecule has 10 rings (SSSR count). The van der Waals surface area contributed by atoms with Crippen molar-refractivity contribution in [2.45, 2.75) is 0 Å². The standard InChI is InChI=1S/C51H35N3Si/c1-6-18-36(19-7-1)49-52-50(37-20-8-2-9-21-37)54-51(53-49)38-30-32-45-43-28-16-17-29-44(43)48-35-42(31-33-46(48)47(45)34-38)55(39-22-10-3-11-23-39,40-24-12-4-13-25-40)41-26-14-5-15-27-41/h1-35H. The summed E-state index contributed by atoms with van der Waals surface area (Å²) < 4.78 is 0. The van der Waals surface area contributed by atoms with Crippen molar-refractivity contribution in [1.29, 1.82) is 0 Å². The van der Waals surface area contributed by atoms with E-state index in [0.29, 0.717) is 17.5 Å². The van der Waals surface area contributed by atoms with Gasteiger partial charge in [0.15, 0.2) is 25.5 Å². The zero-order valence-corrected chi connectivity index (χ0v) is 31.0. The van der Waals surface area contributed by atoms with Gasteiger partial charge in [0.05, 0.1) is 0 Å². The predicted octanol–water partition coefficient (Wildman–Crippen LogP) is 9.71. The van der Waals surface area contributed by atoms with E-state index in [1.54, 1.807) is 0 Å². The largest absolute Gasteiger partial charge is 0.208 e. The summed E-state index contributed by atoms with van der Waals surface area (Å²) in [4.78, 5) is 15.1. The first-order valence-corrected chi connectivity index (χ1v) is 20.7. The van der Waals surface area contributed by atoms with E-state index in [0.717, 1.165) is 16.7 Å². The molecule has 0 bridgehead atoms. The lowest BCUT2D eigenvalue weighted by Crippen LogP contribution is -2.74. The summed E-state index contributed by atoms with van der Waals surface area (Å²) in [6.07, 6.45) is 0. The molecule has 0 atom stereocenters. The number of benzene rings is 9. The molecule has 0 saturated carbocycles. The molecular weight excluding hydrogens is 683 g/mol. The van der Waals surface area contributed by atoms with Gasteiger partial charge in [-0.15, -0.1) is 0 Å². The van der Waals surface area contributed by atoms with E-state index < -0.39 is 8.07 Å². The molecule has 0 saturated heterocycles. The van der Waals surface area contributed by atoms with E-state index in [1.165, 1.54) is 53.1 Å². The van der Waals surface area contributed by atoms with E-state index in [-0.39, 0.29) is 0 Å². The van der Waals surface area contributed by atoms with Crippen LogP contribution in [0.4, 0.5) is 0 Å². The lowest BCUT2D eigenvalue weighted by Gasteiger charge is -2.34. The Labute approximate surface area is 321 Å². The highest BCUT2D eigenvalue weighted by molar-refractivity contribution is 7.20. The van der Waals surface area contributed by atoms with Crippen molar-refractivity contribution in [3.8, 4) is 34.2 Å². The van der Waals surface area contributed by atoms with Crippen LogP contribution < -0.4 is 20.7 Å². The molecule has 10 aromatic rings. The second-order valence-corrected chi connectivity index (χ2v) is 17.8. The molecule has 0 spiro atoms. The summed E-state index contributed by atoms with van der Waals surface area (Å²) in [5.41, 5.74) is 2.86. The topological polar surface area (TPSA) is 38.7 Å². The first-order valence-electron chi connectivity index (χ1n) is 18.7. The Kier molecular flexibility index (Phi) is 8.16. The Morgan fingerprint density at radius 2 is 0.582 bits per heavy atom. The third-order valence-electron chi connectivity index (χ3n) is 10.8. The van der Waals surface area contributed by atoms with E-state index in [9.17, 15) is 0 Å². The summed E-state index contributed by atoms with van der Waals surface area (Å²) in [6, 6.07) is 76.5. The van der Waals surface area contributed by atoms with Crippen molar-refractivity contribution in [3.05, 3.63) is 212 Å². The maximum atomic E-state index is 5.08. The molecule has 1 aromatic heterocycles. The maximum absolute atomic E-state index is 5.08. The quantitative estimate of drug-likeness (QED) is 0.0937. The number of hydrogen-bond donors (Lipinski definition) is 0. The van der Waals surface area contributed by atoms with Crippen molar-refractivity contribution in [2.24, 2.45) is 0 Å². The van der Waals surface area contributed by atoms with Crippen molar-refractivity contribution < 1.29 is 0 Å². The van der Waals surface area contributed by atoms with Crippen LogP contribution >= 0.6 is 0 Å². The molecule has 55 heavy (non-hydrogen) atoms. The van der Waals surface area contributed by atoms with Crippen molar-refractivity contribution in [3.63, 3.8) is 0 Å². The van der Waals surface area contributed by atoms with E-state index in [4.69, 9.17) is 15.0 Å². The third-order valence-corrected chi connectivity index (χ3v) is 15.6. The van der Waals surface area contributed by atoms with Crippen molar-refractivity contribution in [2.75, 3.05) is 0 Å². The third kappa shape index (κ3) is 5.63. The molecule has 0 amide bonds. The van der Waals surface area contributed by atoms with Crippen LogP contribution in [0.3, 0.4) is 0 Å². The zero-order chi connectivity index (χ0) is 36.6. The molecule has 0 unspecified atom stereocenters. The van der Waals surface area contributed by atoms with Crippen LogP contribution in [-0.2, 0) is 0 Å². The highest BCUT2D eigenvalue weighted by atomic mass is 28.3. The molecule has 1 heterocycles. The molecule has 0 aliphatic carbocycles. The molecular formula is C51H35N3Si. The molecule has 0 N–H and O–H groups in total. The van der Waals surface area contributed by atoms with Crippen LogP contribution in [0, 0.1) is 0 Å². The van der Waals surface area contributed by atoms with Gasteiger partial charge in [0, 0.05) is 16.7 Å². The zero-order valence-electron chi connectivity index (χ0n) is 30.0. The smallest absolute Gasteiger partial charge is 0.179 e. The Balaban J connectivity index is 1.24. The normalized spacial score (nSPS) is 11.6. The molecule has 0 aliphatic heterocycles. The number of aromatic nitrogens is 3. The molecule has 0 aliphatic rings. The number of hydrogen-bond acceptors (Lipinski definition) is 3. The number of rotatable bonds is 7. The Bertz CT molecular complexity index is 2800. The average Bonchev–Trinajstić information content (AvgIpc) is 3.28. The molecule has 0 radical (unpaired) electrons. The van der Waals surface area contributed by atoms with Crippen LogP contribution in [0.25, 0.3) is 66.5 Å². The summed E-state index contributed by atoms with van der Waals surface area (Å²) in [6.45, 7) is 0. The Morgan fingerprint density at radius 3 is 1.07 bits per heavy atom. The maximum Gasteiger partial charge on any atom is 0.179 e. The van der Waals surface area contributed by atoms with Crippen LogP contribution in [0.15, 0.2) is 212 Å². The molecule has 0 fully saturated rings. The number of fused-ring (bicyclic) bond motifs is 6. The van der Waals surface area contributed by atoms with Gasteiger partial charge in [-0.2, -0.15) is 0 Å². The van der Waals surface area contributed by atoms with Gasteiger partial charge in [-0.1, -0.05) is 206 Å².